The molecule has 11 heteroatoms. The lowest BCUT2D eigenvalue weighted by molar-refractivity contribution is 0.401. The Hall–Kier alpha value is -0.100. The zero-order chi connectivity index (χ0) is 17.2. The van der Waals surface area contributed by atoms with Crippen LogP contribution in [0, 0.1) is 11.3 Å². The first-order valence-electron chi connectivity index (χ1n) is 5.56. The highest BCUT2D eigenvalue weighted by Crippen LogP contribution is 2.54. The van der Waals surface area contributed by atoms with Crippen LogP contribution in [0.4, 0.5) is 10.1 Å². The zero-order valence-corrected chi connectivity index (χ0v) is 15.5. The summed E-state index contributed by atoms with van der Waals surface area (Å²) < 4.78 is 33.5. The molecule has 0 aromatic heterocycles. The predicted molar refractivity (Wildman–Crippen MR) is 90.5 cm³/mol. The number of para-hydroxylation sites is 1. The minimum atomic E-state index is -4.22. The molecule has 0 aliphatic carbocycles. The van der Waals surface area contributed by atoms with Crippen molar-refractivity contribution >= 4 is 74.1 Å². The standard InChI is InChI=1S/C11H9Cl4FN2O2S2/c1-8(7-17)22(19,20)18(9-5-3-2-4-6-9)21-11(14,15)10(12,13)16/h2-6,8H,1H3. The highest BCUT2D eigenvalue weighted by atomic mass is 35.5. The second-order valence-corrected chi connectivity index (χ2v) is 10.5. The molecule has 0 amide bonds. The van der Waals surface area contributed by atoms with Gasteiger partial charge in [-0.15, -0.1) is 0 Å². The van der Waals surface area contributed by atoms with Gasteiger partial charge in [-0.1, -0.05) is 64.6 Å². The molecule has 0 spiro atoms. The molecule has 0 radical (unpaired) electrons. The summed E-state index contributed by atoms with van der Waals surface area (Å²) in [5, 5.41) is 7.44. The third kappa shape index (κ3) is 4.47. The van der Waals surface area contributed by atoms with Gasteiger partial charge in [-0.05, 0) is 19.1 Å². The van der Waals surface area contributed by atoms with E-state index < -0.39 is 23.5 Å². The van der Waals surface area contributed by atoms with Gasteiger partial charge in [-0.25, -0.2) is 16.5 Å². The molecular formula is C11H9Cl4FN2O2S2. The number of hydrogen-bond acceptors (Lipinski definition) is 4. The lowest BCUT2D eigenvalue weighted by Crippen LogP contribution is -2.39. The molecule has 22 heavy (non-hydrogen) atoms. The van der Waals surface area contributed by atoms with Gasteiger partial charge in [0.15, 0.2) is 5.25 Å². The third-order valence-corrected chi connectivity index (χ3v) is 7.87. The largest absolute Gasteiger partial charge is 0.301 e. The van der Waals surface area contributed by atoms with Crippen LogP contribution in [-0.4, -0.2) is 21.9 Å². The molecule has 122 valence electrons. The van der Waals surface area contributed by atoms with E-state index in [1.54, 1.807) is 24.3 Å². The van der Waals surface area contributed by atoms with Gasteiger partial charge in [0.2, 0.25) is 3.67 Å². The molecular weight excluding hydrogens is 417 g/mol. The topological polar surface area (TPSA) is 61.2 Å². The van der Waals surface area contributed by atoms with Crippen molar-refractivity contribution in [2.45, 2.75) is 20.4 Å². The fourth-order valence-corrected chi connectivity index (χ4v) is 4.55. The van der Waals surface area contributed by atoms with E-state index in [-0.39, 0.29) is 17.6 Å². The van der Waals surface area contributed by atoms with Crippen molar-refractivity contribution in [1.29, 1.82) is 5.26 Å². The van der Waals surface area contributed by atoms with Crippen LogP contribution in [0.15, 0.2) is 30.3 Å². The second-order valence-electron chi connectivity index (χ2n) is 3.98. The molecule has 0 saturated carbocycles. The average molecular weight is 426 g/mol. The van der Waals surface area contributed by atoms with Crippen molar-refractivity contribution in [3.05, 3.63) is 30.3 Å². The quantitative estimate of drug-likeness (QED) is 0.492. The maximum absolute atomic E-state index is 13.7. The average Bonchev–Trinajstić information content (AvgIpc) is 2.43. The van der Waals surface area contributed by atoms with Crippen molar-refractivity contribution in [2.24, 2.45) is 0 Å². The predicted octanol–water partition coefficient (Wildman–Crippen LogP) is 4.62. The van der Waals surface area contributed by atoms with Crippen LogP contribution in [0.3, 0.4) is 0 Å². The molecule has 1 unspecified atom stereocenters. The summed E-state index contributed by atoms with van der Waals surface area (Å²) in [6.45, 7) is 1.17. The van der Waals surface area contributed by atoms with Crippen LogP contribution in [0.5, 0.6) is 0 Å². The van der Waals surface area contributed by atoms with E-state index in [4.69, 9.17) is 51.7 Å². The molecule has 0 heterocycles. The van der Waals surface area contributed by atoms with Crippen molar-refractivity contribution in [3.8, 4) is 6.07 Å². The normalized spacial score (nSPS) is 14.2. The lowest BCUT2D eigenvalue weighted by atomic mass is 10.3. The van der Waals surface area contributed by atoms with Crippen molar-refractivity contribution in [2.75, 3.05) is 3.71 Å². The van der Waals surface area contributed by atoms with Crippen molar-refractivity contribution < 1.29 is 12.8 Å². The molecule has 1 aromatic carbocycles. The first kappa shape index (κ1) is 19.9. The van der Waals surface area contributed by atoms with E-state index in [1.165, 1.54) is 19.1 Å². The summed E-state index contributed by atoms with van der Waals surface area (Å²) >= 11 is 22.1. The summed E-state index contributed by atoms with van der Waals surface area (Å²) in [6, 6.07) is 9.16. The van der Waals surface area contributed by atoms with Crippen LogP contribution >= 0.6 is 58.4 Å². The molecule has 4 nitrogen and oxygen atoms in total. The van der Waals surface area contributed by atoms with E-state index >= 15 is 0 Å². The Kier molecular flexibility index (Phi) is 6.53. The van der Waals surface area contributed by atoms with E-state index in [0.717, 1.165) is 0 Å². The number of nitrogens with zero attached hydrogens (tertiary/aromatic N) is 2. The van der Waals surface area contributed by atoms with Gasteiger partial charge in [-0.2, -0.15) is 5.26 Å². The Balaban J connectivity index is 3.36. The fraction of sp³-hybridized carbons (Fsp3) is 0.364. The fourth-order valence-electron chi connectivity index (χ4n) is 1.17. The number of sulfonamides is 1. The first-order chi connectivity index (χ1) is 9.93. The lowest BCUT2D eigenvalue weighted by Gasteiger charge is -2.32. The molecule has 0 N–H and O–H groups in total. The number of rotatable bonds is 6. The van der Waals surface area contributed by atoms with Crippen LogP contribution in [0.1, 0.15) is 6.92 Å². The molecule has 0 fully saturated rings. The monoisotopic (exact) mass is 424 g/mol. The van der Waals surface area contributed by atoms with Gasteiger partial charge in [0, 0.05) is 11.9 Å². The molecule has 1 atom stereocenters. The highest BCUT2D eigenvalue weighted by molar-refractivity contribution is 8.17. The Labute approximate surface area is 152 Å². The summed E-state index contributed by atoms with van der Waals surface area (Å²) in [5.74, 6) is 0. The molecule has 0 aliphatic rings. The number of halogens is 5. The maximum Gasteiger partial charge on any atom is 0.301 e. The van der Waals surface area contributed by atoms with Gasteiger partial charge >= 0.3 is 4.59 Å². The Morgan fingerprint density at radius 1 is 1.27 bits per heavy atom. The zero-order valence-electron chi connectivity index (χ0n) is 10.9. The minimum absolute atomic E-state index is 0.109. The molecule has 0 bridgehead atoms. The Morgan fingerprint density at radius 3 is 2.18 bits per heavy atom. The number of anilines is 1. The van der Waals surface area contributed by atoms with E-state index in [1.807, 2.05) is 0 Å². The van der Waals surface area contributed by atoms with Gasteiger partial charge < -0.3 is 0 Å². The Bertz CT molecular complexity index is 659. The number of nitriles is 1. The van der Waals surface area contributed by atoms with E-state index in [2.05, 4.69) is 0 Å². The second kappa shape index (κ2) is 7.20. The smallest absolute Gasteiger partial charge is 0.208 e. The van der Waals surface area contributed by atoms with E-state index in [9.17, 15) is 12.8 Å². The van der Waals surface area contributed by atoms with Crippen LogP contribution in [0.25, 0.3) is 0 Å². The summed E-state index contributed by atoms with van der Waals surface area (Å²) in [5.41, 5.74) is 0.109. The number of benzene rings is 1. The SMILES string of the molecule is CC(C#N)S(=O)(=O)N(SC(Cl)(Cl)C(F)(Cl)Cl)c1ccccc1. The van der Waals surface area contributed by atoms with Crippen LogP contribution in [0.2, 0.25) is 0 Å². The summed E-state index contributed by atoms with van der Waals surface area (Å²) in [4.78, 5) is 0. The third-order valence-electron chi connectivity index (χ3n) is 2.35. The molecule has 0 aliphatic heterocycles. The molecule has 1 rings (SSSR count). The number of hydrogen-bond donors (Lipinski definition) is 0. The van der Waals surface area contributed by atoms with Crippen LogP contribution in [-0.2, 0) is 10.0 Å². The maximum atomic E-state index is 13.7. The van der Waals surface area contributed by atoms with Gasteiger partial charge in [0.25, 0.3) is 10.0 Å². The molecule has 0 saturated heterocycles. The van der Waals surface area contributed by atoms with E-state index in [0.29, 0.717) is 3.71 Å². The van der Waals surface area contributed by atoms with Crippen molar-refractivity contribution in [1.82, 2.24) is 0 Å². The van der Waals surface area contributed by atoms with Gasteiger partial charge in [-0.3, -0.25) is 0 Å². The highest BCUT2D eigenvalue weighted by Gasteiger charge is 2.52. The first-order valence-corrected chi connectivity index (χ1v) is 9.35. The van der Waals surface area contributed by atoms with Crippen LogP contribution < -0.4 is 3.71 Å². The summed E-state index contributed by atoms with van der Waals surface area (Å²) in [7, 11) is -4.22. The molecule has 1 aromatic rings. The Morgan fingerprint density at radius 2 is 1.77 bits per heavy atom. The van der Waals surface area contributed by atoms with Gasteiger partial charge in [0.1, 0.15) is 0 Å². The van der Waals surface area contributed by atoms with Gasteiger partial charge in [0.05, 0.1) is 11.8 Å². The minimum Gasteiger partial charge on any atom is -0.208 e. The summed E-state index contributed by atoms with van der Waals surface area (Å²) in [6.07, 6.45) is 0. The van der Waals surface area contributed by atoms with Crippen molar-refractivity contribution in [3.63, 3.8) is 0 Å². The number of alkyl halides is 5.